The molecule has 0 fully saturated rings. The summed E-state index contributed by atoms with van der Waals surface area (Å²) in [4.78, 5) is 15.8. The van der Waals surface area contributed by atoms with Crippen molar-refractivity contribution in [2.75, 3.05) is 0 Å². The van der Waals surface area contributed by atoms with E-state index in [1.807, 2.05) is 24.3 Å². The lowest BCUT2D eigenvalue weighted by Gasteiger charge is -2.16. The molecule has 62 heavy (non-hydrogen) atoms. The van der Waals surface area contributed by atoms with Crippen LogP contribution in [0.5, 0.6) is 0 Å². The monoisotopic (exact) mass is 791 g/mol. The minimum absolute atomic E-state index is 0.560. The molecule has 12 rings (SSSR count). The number of nitrogens with zero attached hydrogens (tertiary/aromatic N) is 5. The van der Waals surface area contributed by atoms with Crippen LogP contribution in [0.25, 0.3) is 111 Å². The quantitative estimate of drug-likeness (QED) is 0.162. The summed E-state index contributed by atoms with van der Waals surface area (Å²) in [6.07, 6.45) is 0. The zero-order chi connectivity index (χ0) is 41.0. The van der Waals surface area contributed by atoms with Gasteiger partial charge in [-0.05, 0) is 70.3 Å². The number of hydrogen-bond donors (Lipinski definition) is 0. The van der Waals surface area contributed by atoms with Crippen molar-refractivity contribution in [1.29, 1.82) is 0 Å². The second-order valence-electron chi connectivity index (χ2n) is 15.7. The van der Waals surface area contributed by atoms with E-state index in [0.717, 1.165) is 71.9 Å². The van der Waals surface area contributed by atoms with Crippen molar-refractivity contribution in [2.45, 2.75) is 0 Å². The first kappa shape index (κ1) is 35.5. The molecule has 0 amide bonds. The largest absolute Gasteiger partial charge is 0.309 e. The summed E-state index contributed by atoms with van der Waals surface area (Å²) in [5.74, 6) is 1.78. The zero-order valence-electron chi connectivity index (χ0n) is 33.6. The number of aromatic nitrogens is 5. The molecule has 0 spiro atoms. The fraction of sp³-hybridized carbons (Fsp3) is 0. The second-order valence-corrected chi connectivity index (χ2v) is 15.7. The number of fused-ring (bicyclic) bond motifs is 6. The lowest BCUT2D eigenvalue weighted by Crippen LogP contribution is -2.06. The SMILES string of the molecule is c1ccc(-c2cccc(-c3nc(-c4ccccc4)nc(-n4c5ccccc5c5cc6c7ccccc7n(-c7ccc(-c8ccccc8)cc7-c7ccccc7)c6cc54)n3)c2)cc1. The van der Waals surface area contributed by atoms with Gasteiger partial charge in [-0.1, -0.05) is 182 Å². The molecule has 0 aliphatic carbocycles. The van der Waals surface area contributed by atoms with Crippen molar-refractivity contribution >= 4 is 43.6 Å². The molecule has 3 heterocycles. The summed E-state index contributed by atoms with van der Waals surface area (Å²) in [5, 5.41) is 4.64. The molecule has 0 aliphatic rings. The molecule has 5 heteroatoms. The van der Waals surface area contributed by atoms with Crippen LogP contribution in [0.1, 0.15) is 0 Å². The van der Waals surface area contributed by atoms with Crippen molar-refractivity contribution in [3.63, 3.8) is 0 Å². The van der Waals surface area contributed by atoms with Gasteiger partial charge in [0.2, 0.25) is 5.95 Å². The minimum atomic E-state index is 0.560. The summed E-state index contributed by atoms with van der Waals surface area (Å²) >= 11 is 0. The van der Waals surface area contributed by atoms with Gasteiger partial charge < -0.3 is 4.57 Å². The van der Waals surface area contributed by atoms with E-state index >= 15 is 0 Å². The van der Waals surface area contributed by atoms with Crippen molar-refractivity contribution in [3.8, 4) is 67.8 Å². The summed E-state index contributed by atoms with van der Waals surface area (Å²) in [6, 6.07) is 79.4. The van der Waals surface area contributed by atoms with Crippen LogP contribution in [0.2, 0.25) is 0 Å². The third-order valence-electron chi connectivity index (χ3n) is 12.0. The second kappa shape index (κ2) is 14.7. The predicted molar refractivity (Wildman–Crippen MR) is 256 cm³/mol. The predicted octanol–water partition coefficient (Wildman–Crippen LogP) is 14.4. The van der Waals surface area contributed by atoms with Gasteiger partial charge in [0.25, 0.3) is 0 Å². The van der Waals surface area contributed by atoms with Crippen LogP contribution in [0.3, 0.4) is 0 Å². The molecule has 0 N–H and O–H groups in total. The Morgan fingerprint density at radius 2 is 0.726 bits per heavy atom. The van der Waals surface area contributed by atoms with Crippen LogP contribution in [-0.2, 0) is 0 Å². The molecule has 9 aromatic carbocycles. The summed E-state index contributed by atoms with van der Waals surface area (Å²) < 4.78 is 4.66. The maximum Gasteiger partial charge on any atom is 0.238 e. The minimum Gasteiger partial charge on any atom is -0.309 e. The normalized spacial score (nSPS) is 11.5. The molecule has 0 bridgehead atoms. The summed E-state index contributed by atoms with van der Waals surface area (Å²) in [7, 11) is 0. The van der Waals surface area contributed by atoms with Gasteiger partial charge in [0, 0.05) is 38.2 Å². The van der Waals surface area contributed by atoms with E-state index in [9.17, 15) is 0 Å². The van der Waals surface area contributed by atoms with Crippen molar-refractivity contribution in [2.24, 2.45) is 0 Å². The Kier molecular flexibility index (Phi) is 8.42. The van der Waals surface area contributed by atoms with Gasteiger partial charge in [-0.15, -0.1) is 0 Å². The van der Waals surface area contributed by atoms with Crippen LogP contribution in [0.15, 0.2) is 224 Å². The van der Waals surface area contributed by atoms with Crippen LogP contribution in [-0.4, -0.2) is 24.1 Å². The molecule has 0 unspecified atom stereocenters. The van der Waals surface area contributed by atoms with Crippen LogP contribution in [0.4, 0.5) is 0 Å². The maximum atomic E-state index is 5.34. The third kappa shape index (κ3) is 5.98. The molecule has 290 valence electrons. The lowest BCUT2D eigenvalue weighted by atomic mass is 9.97. The Labute approximate surface area is 358 Å². The molecule has 0 radical (unpaired) electrons. The Morgan fingerprint density at radius 1 is 0.258 bits per heavy atom. The van der Waals surface area contributed by atoms with E-state index in [1.54, 1.807) is 0 Å². The maximum absolute atomic E-state index is 5.34. The molecule has 12 aromatic rings. The Hall–Kier alpha value is -8.41. The number of para-hydroxylation sites is 2. The van der Waals surface area contributed by atoms with Gasteiger partial charge in [0.05, 0.1) is 27.8 Å². The first-order valence-corrected chi connectivity index (χ1v) is 20.9. The molecule has 0 atom stereocenters. The molecule has 3 aromatic heterocycles. The first-order chi connectivity index (χ1) is 30.7. The van der Waals surface area contributed by atoms with Gasteiger partial charge in [-0.25, -0.2) is 4.98 Å². The number of rotatable bonds is 7. The Morgan fingerprint density at radius 3 is 1.35 bits per heavy atom. The number of benzene rings is 9. The zero-order valence-corrected chi connectivity index (χ0v) is 33.6. The molecule has 0 saturated carbocycles. The summed E-state index contributed by atoms with van der Waals surface area (Å²) in [6.45, 7) is 0. The van der Waals surface area contributed by atoms with E-state index in [1.165, 1.54) is 21.9 Å². The Balaban J connectivity index is 1.14. The van der Waals surface area contributed by atoms with Gasteiger partial charge in [-0.3, -0.25) is 4.57 Å². The van der Waals surface area contributed by atoms with E-state index in [0.29, 0.717) is 17.6 Å². The first-order valence-electron chi connectivity index (χ1n) is 20.9. The molecule has 0 saturated heterocycles. The molecule has 5 nitrogen and oxygen atoms in total. The highest BCUT2D eigenvalue weighted by atomic mass is 15.2. The van der Waals surface area contributed by atoms with E-state index in [-0.39, 0.29) is 0 Å². The van der Waals surface area contributed by atoms with E-state index < -0.39 is 0 Å². The highest BCUT2D eigenvalue weighted by Crippen LogP contribution is 2.42. The number of hydrogen-bond acceptors (Lipinski definition) is 3. The van der Waals surface area contributed by atoms with Crippen molar-refractivity contribution in [1.82, 2.24) is 24.1 Å². The highest BCUT2D eigenvalue weighted by Gasteiger charge is 2.22. The molecular formula is C57H37N5. The lowest BCUT2D eigenvalue weighted by molar-refractivity contribution is 0.953. The van der Waals surface area contributed by atoms with E-state index in [4.69, 9.17) is 15.0 Å². The van der Waals surface area contributed by atoms with Gasteiger partial charge in [0.1, 0.15) is 0 Å². The average Bonchev–Trinajstić information content (AvgIpc) is 3.86. The van der Waals surface area contributed by atoms with E-state index in [2.05, 4.69) is 209 Å². The standard InChI is InChI=1S/C57H37N5/c1-5-18-38(19-6-1)42-26-17-27-44(34-42)56-58-55(41-24-11-4-12-25-41)59-57(60-56)62-51-31-16-14-29-46(51)49-36-48-45-28-13-15-30-50(45)61(53(48)37-54(49)62)52-33-32-43(39-20-7-2-8-21-39)35-47(52)40-22-9-3-10-23-40/h1-37H. The third-order valence-corrected chi connectivity index (χ3v) is 12.0. The van der Waals surface area contributed by atoms with Crippen LogP contribution < -0.4 is 0 Å². The molecule has 0 aliphatic heterocycles. The van der Waals surface area contributed by atoms with Gasteiger partial charge in [0.15, 0.2) is 11.6 Å². The Bertz CT molecular complexity index is 3610. The highest BCUT2D eigenvalue weighted by molar-refractivity contribution is 6.19. The van der Waals surface area contributed by atoms with Gasteiger partial charge in [-0.2, -0.15) is 9.97 Å². The average molecular weight is 792 g/mol. The smallest absolute Gasteiger partial charge is 0.238 e. The van der Waals surface area contributed by atoms with Crippen LogP contribution >= 0.6 is 0 Å². The van der Waals surface area contributed by atoms with Gasteiger partial charge >= 0.3 is 0 Å². The fourth-order valence-electron chi connectivity index (χ4n) is 9.07. The van der Waals surface area contributed by atoms with Crippen LogP contribution in [0, 0.1) is 0 Å². The fourth-order valence-corrected chi connectivity index (χ4v) is 9.07. The van der Waals surface area contributed by atoms with Crippen molar-refractivity contribution in [3.05, 3.63) is 224 Å². The topological polar surface area (TPSA) is 48.5 Å². The summed E-state index contributed by atoms with van der Waals surface area (Å²) in [5.41, 5.74) is 14.1. The molecular weight excluding hydrogens is 755 g/mol. The van der Waals surface area contributed by atoms with Crippen molar-refractivity contribution < 1.29 is 0 Å².